The van der Waals surface area contributed by atoms with Crippen molar-refractivity contribution < 1.29 is 5.11 Å². The predicted molar refractivity (Wildman–Crippen MR) is 81.6 cm³/mol. The van der Waals surface area contributed by atoms with Crippen molar-refractivity contribution in [3.63, 3.8) is 0 Å². The van der Waals surface area contributed by atoms with Crippen molar-refractivity contribution in [1.82, 2.24) is 15.0 Å². The van der Waals surface area contributed by atoms with Crippen molar-refractivity contribution in [2.75, 3.05) is 0 Å². The van der Waals surface area contributed by atoms with Crippen LogP contribution >= 0.6 is 0 Å². The maximum atomic E-state index is 10.3. The van der Waals surface area contributed by atoms with Gasteiger partial charge in [-0.05, 0) is 12.5 Å². The minimum absolute atomic E-state index is 0.392. The first-order chi connectivity index (χ1) is 10.2. The van der Waals surface area contributed by atoms with Crippen molar-refractivity contribution in [1.29, 1.82) is 0 Å². The lowest BCUT2D eigenvalue weighted by Crippen LogP contribution is -2.09. The van der Waals surface area contributed by atoms with Crippen LogP contribution in [0, 0.1) is 6.92 Å². The number of aliphatic hydroxyl groups excluding tert-OH is 1. The molecule has 21 heavy (non-hydrogen) atoms. The van der Waals surface area contributed by atoms with Gasteiger partial charge < -0.3 is 5.11 Å². The van der Waals surface area contributed by atoms with Crippen LogP contribution in [0.3, 0.4) is 0 Å². The maximum absolute atomic E-state index is 10.3. The van der Waals surface area contributed by atoms with Gasteiger partial charge in [0.25, 0.3) is 0 Å². The van der Waals surface area contributed by atoms with Gasteiger partial charge in [0, 0.05) is 5.56 Å². The summed E-state index contributed by atoms with van der Waals surface area (Å²) in [6.07, 6.45) is 1.27. The van der Waals surface area contributed by atoms with Gasteiger partial charge in [0.2, 0.25) is 0 Å². The highest BCUT2D eigenvalue weighted by Crippen LogP contribution is 2.18. The molecule has 1 N–H and O–H groups in total. The molecule has 0 fully saturated rings. The zero-order valence-electron chi connectivity index (χ0n) is 11.8. The van der Waals surface area contributed by atoms with E-state index in [4.69, 9.17) is 0 Å². The predicted octanol–water partition coefficient (Wildman–Crippen LogP) is 2.99. The van der Waals surface area contributed by atoms with Crippen LogP contribution in [0.5, 0.6) is 0 Å². The van der Waals surface area contributed by atoms with Crippen LogP contribution in [0.25, 0.3) is 11.3 Å². The molecule has 2 aromatic carbocycles. The van der Waals surface area contributed by atoms with E-state index >= 15 is 0 Å². The molecule has 1 aromatic heterocycles. The average Bonchev–Trinajstić information content (AvgIpc) is 2.97. The summed E-state index contributed by atoms with van der Waals surface area (Å²) in [6, 6.07) is 17.8. The second-order valence-corrected chi connectivity index (χ2v) is 5.12. The van der Waals surface area contributed by atoms with Gasteiger partial charge in [0.15, 0.2) is 0 Å². The third kappa shape index (κ3) is 3.17. The Morgan fingerprint density at radius 3 is 2.48 bits per heavy atom. The zero-order valence-corrected chi connectivity index (χ0v) is 11.8. The molecule has 0 spiro atoms. The summed E-state index contributed by atoms with van der Waals surface area (Å²) >= 11 is 0. The molecule has 0 aliphatic heterocycles. The SMILES string of the molecule is Cc1ccc([C@H](O)Cn2cc(-c3ccccc3)nn2)cc1. The van der Waals surface area contributed by atoms with E-state index in [1.807, 2.05) is 67.7 Å². The van der Waals surface area contributed by atoms with Crippen LogP contribution in [0.4, 0.5) is 0 Å². The molecule has 0 saturated heterocycles. The second-order valence-electron chi connectivity index (χ2n) is 5.12. The number of nitrogens with zero attached hydrogens (tertiary/aromatic N) is 3. The lowest BCUT2D eigenvalue weighted by Gasteiger charge is -2.10. The van der Waals surface area contributed by atoms with Crippen molar-refractivity contribution >= 4 is 0 Å². The number of aromatic nitrogens is 3. The molecule has 3 rings (SSSR count). The highest BCUT2D eigenvalue weighted by atomic mass is 16.3. The van der Waals surface area contributed by atoms with E-state index in [-0.39, 0.29) is 0 Å². The smallest absolute Gasteiger partial charge is 0.113 e. The Balaban J connectivity index is 1.74. The van der Waals surface area contributed by atoms with Gasteiger partial charge in [-0.2, -0.15) is 0 Å². The van der Waals surface area contributed by atoms with Crippen LogP contribution in [0.1, 0.15) is 17.2 Å². The minimum Gasteiger partial charge on any atom is -0.386 e. The van der Waals surface area contributed by atoms with E-state index in [1.165, 1.54) is 5.56 Å². The Hall–Kier alpha value is -2.46. The maximum Gasteiger partial charge on any atom is 0.113 e. The number of aliphatic hydroxyl groups is 1. The summed E-state index contributed by atoms with van der Waals surface area (Å²) in [4.78, 5) is 0. The molecule has 0 unspecified atom stereocenters. The molecular formula is C17H17N3O. The van der Waals surface area contributed by atoms with Gasteiger partial charge in [-0.15, -0.1) is 5.10 Å². The summed E-state index contributed by atoms with van der Waals surface area (Å²) < 4.78 is 1.67. The summed E-state index contributed by atoms with van der Waals surface area (Å²) in [6.45, 7) is 2.42. The zero-order chi connectivity index (χ0) is 14.7. The fourth-order valence-corrected chi connectivity index (χ4v) is 2.20. The standard InChI is InChI=1S/C17H17N3O/c1-13-7-9-15(10-8-13)17(21)12-20-11-16(18-19-20)14-5-3-2-4-6-14/h2-11,17,21H,12H2,1H3/t17-/m1/s1. The van der Waals surface area contributed by atoms with Gasteiger partial charge in [-0.3, -0.25) is 0 Å². The van der Waals surface area contributed by atoms with E-state index in [0.717, 1.165) is 16.8 Å². The van der Waals surface area contributed by atoms with E-state index in [0.29, 0.717) is 6.54 Å². The monoisotopic (exact) mass is 279 g/mol. The molecule has 0 radical (unpaired) electrons. The molecular weight excluding hydrogens is 262 g/mol. The van der Waals surface area contributed by atoms with Gasteiger partial charge >= 0.3 is 0 Å². The van der Waals surface area contributed by atoms with Crippen molar-refractivity contribution in [3.8, 4) is 11.3 Å². The molecule has 0 aliphatic carbocycles. The molecule has 0 bridgehead atoms. The van der Waals surface area contributed by atoms with E-state index in [2.05, 4.69) is 10.3 Å². The van der Waals surface area contributed by atoms with E-state index in [9.17, 15) is 5.11 Å². The molecule has 0 amide bonds. The Morgan fingerprint density at radius 1 is 1.05 bits per heavy atom. The van der Waals surface area contributed by atoms with Crippen LogP contribution in [0.15, 0.2) is 60.8 Å². The third-order valence-corrected chi connectivity index (χ3v) is 3.43. The Morgan fingerprint density at radius 2 is 1.76 bits per heavy atom. The summed E-state index contributed by atoms with van der Waals surface area (Å²) in [5.74, 6) is 0. The largest absolute Gasteiger partial charge is 0.386 e. The first-order valence-electron chi connectivity index (χ1n) is 6.92. The molecule has 0 saturated carbocycles. The van der Waals surface area contributed by atoms with Crippen LogP contribution in [0.2, 0.25) is 0 Å². The second kappa shape index (κ2) is 5.89. The molecule has 4 nitrogen and oxygen atoms in total. The van der Waals surface area contributed by atoms with Crippen molar-refractivity contribution in [2.45, 2.75) is 19.6 Å². The number of benzene rings is 2. The number of rotatable bonds is 4. The molecule has 0 aliphatic rings. The van der Waals surface area contributed by atoms with Gasteiger partial charge in [0.1, 0.15) is 5.69 Å². The summed E-state index contributed by atoms with van der Waals surface area (Å²) in [5.41, 5.74) is 3.90. The lowest BCUT2D eigenvalue weighted by molar-refractivity contribution is 0.150. The number of hydrogen-bond donors (Lipinski definition) is 1. The fourth-order valence-electron chi connectivity index (χ4n) is 2.20. The van der Waals surface area contributed by atoms with E-state index in [1.54, 1.807) is 4.68 Å². The summed E-state index contributed by atoms with van der Waals surface area (Å²) in [5, 5.41) is 18.5. The van der Waals surface area contributed by atoms with Crippen LogP contribution < -0.4 is 0 Å². The minimum atomic E-state index is -0.587. The van der Waals surface area contributed by atoms with Crippen molar-refractivity contribution in [2.24, 2.45) is 0 Å². The van der Waals surface area contributed by atoms with Gasteiger partial charge in [-0.25, -0.2) is 4.68 Å². The quantitative estimate of drug-likeness (QED) is 0.798. The topological polar surface area (TPSA) is 50.9 Å². The van der Waals surface area contributed by atoms with Crippen LogP contribution in [-0.4, -0.2) is 20.1 Å². The Kier molecular flexibility index (Phi) is 3.79. The Labute approximate surface area is 123 Å². The fraction of sp³-hybridized carbons (Fsp3) is 0.176. The average molecular weight is 279 g/mol. The molecule has 106 valence electrons. The first kappa shape index (κ1) is 13.5. The van der Waals surface area contributed by atoms with Gasteiger partial charge in [0.05, 0.1) is 18.8 Å². The van der Waals surface area contributed by atoms with Gasteiger partial charge in [-0.1, -0.05) is 65.4 Å². The Bertz CT molecular complexity index is 704. The molecule has 1 heterocycles. The van der Waals surface area contributed by atoms with E-state index < -0.39 is 6.10 Å². The highest BCUT2D eigenvalue weighted by molar-refractivity contribution is 5.57. The highest BCUT2D eigenvalue weighted by Gasteiger charge is 2.10. The summed E-state index contributed by atoms with van der Waals surface area (Å²) in [7, 11) is 0. The lowest BCUT2D eigenvalue weighted by atomic mass is 10.1. The van der Waals surface area contributed by atoms with Crippen molar-refractivity contribution in [3.05, 3.63) is 71.9 Å². The third-order valence-electron chi connectivity index (χ3n) is 3.43. The normalized spacial score (nSPS) is 12.3. The molecule has 4 heteroatoms. The first-order valence-corrected chi connectivity index (χ1v) is 6.92. The molecule has 1 atom stereocenters. The molecule has 3 aromatic rings. The van der Waals surface area contributed by atoms with Crippen LogP contribution in [-0.2, 0) is 6.54 Å². The number of hydrogen-bond acceptors (Lipinski definition) is 3. The number of aryl methyl sites for hydroxylation is 1.